The zero-order chi connectivity index (χ0) is 23.0. The Kier molecular flexibility index (Phi) is 8.66. The molecule has 1 heterocycles. The molecule has 8 heteroatoms. The molecule has 0 fully saturated rings. The van der Waals surface area contributed by atoms with Gasteiger partial charge in [0, 0.05) is 12.3 Å². The molecule has 0 saturated heterocycles. The number of carbonyl (C=O) groups excluding carboxylic acids is 2. The van der Waals surface area contributed by atoms with Gasteiger partial charge in [-0.3, -0.25) is 4.79 Å². The van der Waals surface area contributed by atoms with Crippen molar-refractivity contribution in [3.8, 4) is 17.2 Å². The van der Waals surface area contributed by atoms with Gasteiger partial charge in [0.25, 0.3) is 5.91 Å². The molecule has 2 N–H and O–H groups in total. The minimum atomic E-state index is -0.959. The predicted octanol–water partition coefficient (Wildman–Crippen LogP) is 3.34. The van der Waals surface area contributed by atoms with Crippen LogP contribution in [-0.4, -0.2) is 47.3 Å². The number of carbonyl (C=O) groups is 2. The maximum absolute atomic E-state index is 12.6. The van der Waals surface area contributed by atoms with E-state index in [0.717, 1.165) is 0 Å². The Labute approximate surface area is 182 Å². The molecule has 0 saturated carbocycles. The van der Waals surface area contributed by atoms with E-state index in [-0.39, 0.29) is 17.5 Å². The van der Waals surface area contributed by atoms with Gasteiger partial charge < -0.3 is 24.6 Å². The zero-order valence-electron chi connectivity index (χ0n) is 18.5. The highest BCUT2D eigenvalue weighted by atomic mass is 16.6. The van der Waals surface area contributed by atoms with Crippen LogP contribution in [0, 0.1) is 5.92 Å². The topological polar surface area (TPSA) is 107 Å². The lowest BCUT2D eigenvalue weighted by molar-refractivity contribution is -0.155. The highest BCUT2D eigenvalue weighted by Crippen LogP contribution is 2.27. The van der Waals surface area contributed by atoms with Crippen LogP contribution < -0.4 is 14.8 Å². The summed E-state index contributed by atoms with van der Waals surface area (Å²) >= 11 is 0. The third kappa shape index (κ3) is 6.87. The molecule has 1 amide bonds. The number of hydrogen-bond donors (Lipinski definition) is 2. The van der Waals surface area contributed by atoms with Crippen molar-refractivity contribution in [3.05, 3.63) is 48.3 Å². The molecular formula is C23H30N2O6. The van der Waals surface area contributed by atoms with Gasteiger partial charge in [0.15, 0.2) is 17.2 Å². The minimum absolute atomic E-state index is 0.110. The standard InChI is InChI=1S/C23H30N2O6/c1-14(2)13-19(31-17-9-7-6-8-10-17)16(4)30-23(28)15(3)25-22(27)20-21(26)18(29-5)11-12-24-20/h6-12,14-16,19,26H,13H2,1-5H3,(H,25,27)/t15-,16-,19+/m0/s1. The number of nitrogens with one attached hydrogen (secondary N) is 1. The molecule has 2 rings (SSSR count). The van der Waals surface area contributed by atoms with Crippen LogP contribution in [0.4, 0.5) is 0 Å². The van der Waals surface area contributed by atoms with Gasteiger partial charge in [-0.15, -0.1) is 0 Å². The first-order chi connectivity index (χ1) is 14.7. The van der Waals surface area contributed by atoms with E-state index in [1.807, 2.05) is 30.3 Å². The Balaban J connectivity index is 2.01. The lowest BCUT2D eigenvalue weighted by atomic mass is 10.0. The summed E-state index contributed by atoms with van der Waals surface area (Å²) < 4.78 is 16.6. The molecule has 0 unspecified atom stereocenters. The first-order valence-corrected chi connectivity index (χ1v) is 10.2. The fourth-order valence-electron chi connectivity index (χ4n) is 2.93. The molecule has 0 bridgehead atoms. The molecule has 0 aliphatic heterocycles. The molecule has 1 aromatic heterocycles. The molecule has 2 aromatic rings. The number of rotatable bonds is 10. The molecule has 0 aliphatic rings. The number of methoxy groups -OCH3 is 1. The van der Waals surface area contributed by atoms with Crippen molar-refractivity contribution >= 4 is 11.9 Å². The third-order valence-electron chi connectivity index (χ3n) is 4.58. The molecule has 3 atom stereocenters. The molecule has 168 valence electrons. The number of amides is 1. The van der Waals surface area contributed by atoms with Crippen molar-refractivity contribution in [3.63, 3.8) is 0 Å². The van der Waals surface area contributed by atoms with Gasteiger partial charge in [0.1, 0.15) is 24.0 Å². The Bertz CT molecular complexity index is 872. The number of para-hydroxylation sites is 1. The average molecular weight is 431 g/mol. The summed E-state index contributed by atoms with van der Waals surface area (Å²) in [5.74, 6) is -0.601. The van der Waals surface area contributed by atoms with Gasteiger partial charge in [-0.1, -0.05) is 32.0 Å². The molecule has 31 heavy (non-hydrogen) atoms. The summed E-state index contributed by atoms with van der Waals surface area (Å²) in [6, 6.07) is 9.80. The van der Waals surface area contributed by atoms with Gasteiger partial charge in [-0.2, -0.15) is 0 Å². The summed E-state index contributed by atoms with van der Waals surface area (Å²) in [7, 11) is 1.36. The van der Waals surface area contributed by atoms with E-state index >= 15 is 0 Å². The van der Waals surface area contributed by atoms with E-state index in [9.17, 15) is 14.7 Å². The molecule has 1 aromatic carbocycles. The Morgan fingerprint density at radius 1 is 1.10 bits per heavy atom. The van der Waals surface area contributed by atoms with Crippen LogP contribution in [0.2, 0.25) is 0 Å². The van der Waals surface area contributed by atoms with Crippen LogP contribution in [0.1, 0.15) is 44.6 Å². The molecular weight excluding hydrogens is 400 g/mol. The van der Waals surface area contributed by atoms with Crippen molar-refractivity contribution in [2.24, 2.45) is 5.92 Å². The van der Waals surface area contributed by atoms with E-state index < -0.39 is 29.8 Å². The van der Waals surface area contributed by atoms with Crippen LogP contribution in [0.5, 0.6) is 17.2 Å². The van der Waals surface area contributed by atoms with Gasteiger partial charge in [-0.05, 0) is 38.3 Å². The first kappa shape index (κ1) is 24.0. The van der Waals surface area contributed by atoms with Gasteiger partial charge in [0.05, 0.1) is 7.11 Å². The highest BCUT2D eigenvalue weighted by Gasteiger charge is 2.28. The molecule has 0 spiro atoms. The van der Waals surface area contributed by atoms with Crippen molar-refractivity contribution in [2.75, 3.05) is 7.11 Å². The Morgan fingerprint density at radius 3 is 2.39 bits per heavy atom. The summed E-state index contributed by atoms with van der Waals surface area (Å²) in [5, 5.41) is 12.6. The largest absolute Gasteiger partial charge is 0.503 e. The average Bonchev–Trinajstić information content (AvgIpc) is 2.73. The van der Waals surface area contributed by atoms with Crippen LogP contribution in [0.3, 0.4) is 0 Å². The third-order valence-corrected chi connectivity index (χ3v) is 4.58. The van der Waals surface area contributed by atoms with E-state index in [1.54, 1.807) is 6.92 Å². The fourth-order valence-corrected chi connectivity index (χ4v) is 2.93. The normalized spacial score (nSPS) is 13.7. The second-order valence-electron chi connectivity index (χ2n) is 7.65. The lowest BCUT2D eigenvalue weighted by Crippen LogP contribution is -2.43. The van der Waals surface area contributed by atoms with E-state index in [1.165, 1.54) is 26.3 Å². The van der Waals surface area contributed by atoms with Crippen LogP contribution in [0.25, 0.3) is 0 Å². The highest BCUT2D eigenvalue weighted by molar-refractivity contribution is 5.97. The summed E-state index contributed by atoms with van der Waals surface area (Å²) in [6.07, 6.45) is 1.12. The minimum Gasteiger partial charge on any atom is -0.503 e. The number of pyridine rings is 1. The number of aromatic hydroxyl groups is 1. The van der Waals surface area contributed by atoms with Gasteiger partial charge in [-0.25, -0.2) is 9.78 Å². The van der Waals surface area contributed by atoms with Crippen LogP contribution in [-0.2, 0) is 9.53 Å². The van der Waals surface area contributed by atoms with Crippen molar-refractivity contribution in [1.29, 1.82) is 0 Å². The van der Waals surface area contributed by atoms with Gasteiger partial charge in [0.2, 0.25) is 0 Å². The zero-order valence-corrected chi connectivity index (χ0v) is 18.5. The smallest absolute Gasteiger partial charge is 0.328 e. The van der Waals surface area contributed by atoms with Gasteiger partial charge >= 0.3 is 5.97 Å². The monoisotopic (exact) mass is 430 g/mol. The number of benzene rings is 1. The van der Waals surface area contributed by atoms with Crippen molar-refractivity contribution in [2.45, 2.75) is 52.4 Å². The van der Waals surface area contributed by atoms with Crippen molar-refractivity contribution in [1.82, 2.24) is 10.3 Å². The number of hydrogen-bond acceptors (Lipinski definition) is 7. The number of ether oxygens (including phenoxy) is 3. The lowest BCUT2D eigenvalue weighted by Gasteiger charge is -2.27. The summed E-state index contributed by atoms with van der Waals surface area (Å²) in [6.45, 7) is 7.39. The first-order valence-electron chi connectivity index (χ1n) is 10.2. The van der Waals surface area contributed by atoms with Crippen LogP contribution >= 0.6 is 0 Å². The number of esters is 1. The predicted molar refractivity (Wildman–Crippen MR) is 115 cm³/mol. The second-order valence-corrected chi connectivity index (χ2v) is 7.65. The number of aromatic nitrogens is 1. The molecule has 0 aliphatic carbocycles. The van der Waals surface area contributed by atoms with E-state index in [0.29, 0.717) is 18.1 Å². The Hall–Kier alpha value is -3.29. The van der Waals surface area contributed by atoms with E-state index in [2.05, 4.69) is 24.1 Å². The van der Waals surface area contributed by atoms with Crippen LogP contribution in [0.15, 0.2) is 42.6 Å². The summed E-state index contributed by atoms with van der Waals surface area (Å²) in [5.41, 5.74) is -0.239. The van der Waals surface area contributed by atoms with Crippen molar-refractivity contribution < 1.29 is 28.9 Å². The Morgan fingerprint density at radius 2 is 1.77 bits per heavy atom. The SMILES string of the molecule is COc1ccnc(C(=O)N[C@@H](C)C(=O)O[C@@H](C)[C@@H](CC(C)C)Oc2ccccc2)c1O. The second kappa shape index (κ2) is 11.2. The maximum atomic E-state index is 12.6. The molecule has 0 radical (unpaired) electrons. The quantitative estimate of drug-likeness (QED) is 0.557. The maximum Gasteiger partial charge on any atom is 0.328 e. The summed E-state index contributed by atoms with van der Waals surface area (Å²) in [4.78, 5) is 28.9. The fraction of sp³-hybridized carbons (Fsp3) is 0.435. The number of nitrogens with zero attached hydrogens (tertiary/aromatic N) is 1. The van der Waals surface area contributed by atoms with E-state index in [4.69, 9.17) is 14.2 Å². The molecule has 8 nitrogen and oxygen atoms in total.